The summed E-state index contributed by atoms with van der Waals surface area (Å²) in [5.74, 6) is -0.485. The van der Waals surface area contributed by atoms with Crippen molar-refractivity contribution in [2.24, 2.45) is 10.8 Å². The third kappa shape index (κ3) is 3.43. The summed E-state index contributed by atoms with van der Waals surface area (Å²) >= 11 is 0. The van der Waals surface area contributed by atoms with Gasteiger partial charge in [-0.05, 0) is 31.9 Å². The Hall–Kier alpha value is -3.56. The first-order valence-electron chi connectivity index (χ1n) is 7.86. The van der Waals surface area contributed by atoms with E-state index in [1.54, 1.807) is 13.0 Å². The van der Waals surface area contributed by atoms with Crippen molar-refractivity contribution in [1.29, 1.82) is 0 Å². The minimum Gasteiger partial charge on any atom is -0.459 e. The average molecular weight is 359 g/mol. The van der Waals surface area contributed by atoms with Gasteiger partial charge in [0.1, 0.15) is 5.76 Å². The molecule has 2 heterocycles. The first-order chi connectivity index (χ1) is 12.5. The number of furan rings is 2. The first-order valence-corrected chi connectivity index (χ1v) is 7.86. The summed E-state index contributed by atoms with van der Waals surface area (Å²) in [4.78, 5) is 35.0. The fraction of sp³-hybridized carbons (Fsp3) is 0.250. The largest absolute Gasteiger partial charge is 0.459 e. The van der Waals surface area contributed by atoms with Gasteiger partial charge in [-0.2, -0.15) is 5.10 Å². The van der Waals surface area contributed by atoms with E-state index in [1.165, 1.54) is 12.3 Å². The van der Waals surface area contributed by atoms with Gasteiger partial charge in [-0.1, -0.05) is 0 Å². The molecule has 10 nitrogen and oxygen atoms in total. The maximum Gasteiger partial charge on any atom is 0.332 e. The van der Waals surface area contributed by atoms with Crippen LogP contribution in [0, 0.1) is 6.92 Å². The number of amides is 4. The van der Waals surface area contributed by atoms with Crippen LogP contribution in [0.25, 0.3) is 0 Å². The van der Waals surface area contributed by atoms with E-state index in [9.17, 15) is 14.4 Å². The predicted octanol–water partition coefficient (Wildman–Crippen LogP) is 0.965. The highest BCUT2D eigenvalue weighted by molar-refractivity contribution is 6.07. The van der Waals surface area contributed by atoms with E-state index < -0.39 is 17.8 Å². The number of primary amides is 1. The third-order valence-corrected chi connectivity index (χ3v) is 3.87. The molecular weight excluding hydrogens is 342 g/mol. The van der Waals surface area contributed by atoms with Gasteiger partial charge in [-0.3, -0.25) is 20.4 Å². The molecule has 2 aromatic rings. The number of nitrogens with one attached hydrogen (secondary N) is 3. The van der Waals surface area contributed by atoms with Crippen LogP contribution in [0.4, 0.5) is 4.79 Å². The highest BCUT2D eigenvalue weighted by atomic mass is 16.4. The molecule has 0 spiro atoms. The number of hydrogen-bond acceptors (Lipinski definition) is 6. The Balaban J connectivity index is 1.77. The normalized spacial score (nSPS) is 14.6. The van der Waals surface area contributed by atoms with Crippen LogP contribution < -0.4 is 22.0 Å². The van der Waals surface area contributed by atoms with Gasteiger partial charge in [0.25, 0.3) is 0 Å². The van der Waals surface area contributed by atoms with E-state index in [1.807, 2.05) is 0 Å². The molecule has 0 unspecified atom stereocenters. The predicted molar refractivity (Wildman–Crippen MR) is 89.3 cm³/mol. The summed E-state index contributed by atoms with van der Waals surface area (Å²) in [7, 11) is 0. The van der Waals surface area contributed by atoms with Crippen LogP contribution in [-0.4, -0.2) is 23.6 Å². The van der Waals surface area contributed by atoms with Gasteiger partial charge < -0.3 is 14.6 Å². The topological polar surface area (TPSA) is 152 Å². The Morgan fingerprint density at radius 3 is 2.65 bits per heavy atom. The molecule has 0 bridgehead atoms. The fourth-order valence-corrected chi connectivity index (χ4v) is 2.76. The number of hydrogen-bond donors (Lipinski definition) is 4. The molecule has 0 aromatic carbocycles. The third-order valence-electron chi connectivity index (χ3n) is 3.87. The lowest BCUT2D eigenvalue weighted by Crippen LogP contribution is -2.41. The number of hydrazine groups is 1. The van der Waals surface area contributed by atoms with Gasteiger partial charge in [0.05, 0.1) is 12.0 Å². The van der Waals surface area contributed by atoms with E-state index >= 15 is 0 Å². The van der Waals surface area contributed by atoms with Crippen LogP contribution >= 0.6 is 0 Å². The van der Waals surface area contributed by atoms with E-state index in [-0.39, 0.29) is 11.5 Å². The zero-order valence-corrected chi connectivity index (χ0v) is 13.9. The van der Waals surface area contributed by atoms with Crippen molar-refractivity contribution in [2.45, 2.75) is 26.2 Å². The number of rotatable bonds is 3. The average Bonchev–Trinajstić information content (AvgIpc) is 3.26. The smallest absolute Gasteiger partial charge is 0.332 e. The number of aryl methyl sites for hydroxylation is 1. The van der Waals surface area contributed by atoms with Gasteiger partial charge in [0.15, 0.2) is 11.5 Å². The van der Waals surface area contributed by atoms with Gasteiger partial charge in [-0.25, -0.2) is 10.2 Å². The van der Waals surface area contributed by atoms with Gasteiger partial charge >= 0.3 is 17.8 Å². The number of nitrogens with zero attached hydrogens (tertiary/aromatic N) is 1. The summed E-state index contributed by atoms with van der Waals surface area (Å²) in [6, 6.07) is 2.25. The maximum absolute atomic E-state index is 12.4. The van der Waals surface area contributed by atoms with Crippen LogP contribution in [0.1, 0.15) is 50.8 Å². The Bertz CT molecular complexity index is 881. The standard InChI is InChI=1S/C16H17N5O5/c1-8-12-9(18-21-16(17)24)4-2-5-10(12)26-13(8)15(23)20-19-14(22)11-6-3-7-25-11/h3,6-7H,2,4-5H2,1H3,(H,19,22)(H,20,23)(H3,17,21,24)/b18-9+. The molecule has 4 amide bonds. The number of hydrazone groups is 1. The van der Waals surface area contributed by atoms with Crippen LogP contribution in [0.5, 0.6) is 0 Å². The lowest BCUT2D eigenvalue weighted by Gasteiger charge is -2.13. The Morgan fingerprint density at radius 1 is 1.19 bits per heavy atom. The summed E-state index contributed by atoms with van der Waals surface area (Å²) in [6.45, 7) is 1.71. The molecule has 0 radical (unpaired) electrons. The second-order valence-corrected chi connectivity index (χ2v) is 5.63. The van der Waals surface area contributed by atoms with Crippen molar-refractivity contribution in [3.05, 3.63) is 46.8 Å². The van der Waals surface area contributed by atoms with Crippen LogP contribution in [0.2, 0.25) is 0 Å². The number of fused-ring (bicyclic) bond motifs is 1. The van der Waals surface area contributed by atoms with E-state index in [2.05, 4.69) is 21.4 Å². The molecule has 0 saturated heterocycles. The SMILES string of the molecule is Cc1c(C(=O)NNC(=O)c2ccco2)oc2c1/C(=N/NC(N)=O)CCC2. The molecule has 1 aliphatic rings. The molecule has 0 saturated carbocycles. The molecule has 5 N–H and O–H groups in total. The number of urea groups is 1. The molecule has 10 heteroatoms. The van der Waals surface area contributed by atoms with Crippen LogP contribution in [-0.2, 0) is 6.42 Å². The molecule has 26 heavy (non-hydrogen) atoms. The van der Waals surface area contributed by atoms with Gasteiger partial charge in [0, 0.05) is 17.5 Å². The molecule has 0 atom stereocenters. The summed E-state index contributed by atoms with van der Waals surface area (Å²) < 4.78 is 10.6. The van der Waals surface area contributed by atoms with Crippen molar-refractivity contribution in [2.75, 3.05) is 0 Å². The second kappa shape index (κ2) is 7.13. The maximum atomic E-state index is 12.4. The van der Waals surface area contributed by atoms with E-state index in [0.717, 1.165) is 6.42 Å². The molecule has 2 aromatic heterocycles. The molecule has 0 aliphatic heterocycles. The van der Waals surface area contributed by atoms with Gasteiger partial charge in [0.2, 0.25) is 0 Å². The summed E-state index contributed by atoms with van der Waals surface area (Å²) in [5, 5.41) is 3.98. The monoisotopic (exact) mass is 359 g/mol. The lowest BCUT2D eigenvalue weighted by atomic mass is 9.93. The Labute approximate surface area is 147 Å². The second-order valence-electron chi connectivity index (χ2n) is 5.63. The molecular formula is C16H17N5O5. The van der Waals surface area contributed by atoms with Gasteiger partial charge in [-0.15, -0.1) is 0 Å². The minimum absolute atomic E-state index is 0.0587. The van der Waals surface area contributed by atoms with Crippen LogP contribution in [0.15, 0.2) is 32.3 Å². The highest BCUT2D eigenvalue weighted by Crippen LogP contribution is 2.29. The van der Waals surface area contributed by atoms with Crippen molar-refractivity contribution >= 4 is 23.6 Å². The fourth-order valence-electron chi connectivity index (χ4n) is 2.76. The van der Waals surface area contributed by atoms with Crippen LogP contribution in [0.3, 0.4) is 0 Å². The highest BCUT2D eigenvalue weighted by Gasteiger charge is 2.28. The zero-order valence-electron chi connectivity index (χ0n) is 13.9. The first kappa shape index (κ1) is 17.3. The zero-order chi connectivity index (χ0) is 18.7. The minimum atomic E-state index is -0.774. The number of carbonyl (C=O) groups excluding carboxylic acids is 3. The van der Waals surface area contributed by atoms with Crippen molar-refractivity contribution in [1.82, 2.24) is 16.3 Å². The van der Waals surface area contributed by atoms with E-state index in [4.69, 9.17) is 14.6 Å². The van der Waals surface area contributed by atoms with Crippen molar-refractivity contribution in [3.63, 3.8) is 0 Å². The molecule has 1 aliphatic carbocycles. The lowest BCUT2D eigenvalue weighted by molar-refractivity contribution is 0.0815. The quantitative estimate of drug-likeness (QED) is 0.602. The Kier molecular flexibility index (Phi) is 4.74. The molecule has 3 rings (SSSR count). The summed E-state index contributed by atoms with van der Waals surface area (Å²) in [6.07, 6.45) is 3.36. The van der Waals surface area contributed by atoms with Crippen molar-refractivity contribution < 1.29 is 23.2 Å². The number of nitrogens with two attached hydrogens (primary N) is 1. The summed E-state index contributed by atoms with van der Waals surface area (Å²) in [5.41, 5.74) is 13.6. The molecule has 136 valence electrons. The van der Waals surface area contributed by atoms with Crippen molar-refractivity contribution in [3.8, 4) is 0 Å². The Morgan fingerprint density at radius 2 is 1.96 bits per heavy atom. The number of carbonyl (C=O) groups is 3. The molecule has 0 fully saturated rings. The van der Waals surface area contributed by atoms with E-state index in [0.29, 0.717) is 35.4 Å².